The zero-order valence-corrected chi connectivity index (χ0v) is 16.9. The molecule has 0 aromatic heterocycles. The van der Waals surface area contributed by atoms with E-state index >= 15 is 0 Å². The molecule has 2 aromatic carbocycles. The maximum absolute atomic E-state index is 14.5. The molecule has 0 saturated heterocycles. The zero-order chi connectivity index (χ0) is 20.8. The Hall–Kier alpha value is -2.35. The topological polar surface area (TPSA) is 46.6 Å². The number of nitrogens with zero attached hydrogens (tertiary/aromatic N) is 1. The Morgan fingerprint density at radius 3 is 2.29 bits per heavy atom. The number of alkyl halides is 1. The first-order valence-electron chi connectivity index (χ1n) is 8.44. The molecule has 0 saturated carbocycles. The Balaban J connectivity index is 2.23. The third-order valence-electron chi connectivity index (χ3n) is 4.16. The third-order valence-corrected chi connectivity index (χ3v) is 5.08. The minimum Gasteiger partial charge on any atom is -0.443 e. The second-order valence-electron chi connectivity index (χ2n) is 7.39. The van der Waals surface area contributed by atoms with Gasteiger partial charge in [0.1, 0.15) is 27.9 Å². The van der Waals surface area contributed by atoms with Crippen LogP contribution >= 0.6 is 15.9 Å². The van der Waals surface area contributed by atoms with Crippen molar-refractivity contribution < 1.29 is 27.5 Å². The van der Waals surface area contributed by atoms with Crippen molar-refractivity contribution in [3.63, 3.8) is 0 Å². The quantitative estimate of drug-likeness (QED) is 0.529. The number of hydrogen-bond donors (Lipinski definition) is 0. The van der Waals surface area contributed by atoms with Gasteiger partial charge in [-0.25, -0.2) is 18.0 Å². The van der Waals surface area contributed by atoms with E-state index in [2.05, 4.69) is 15.9 Å². The van der Waals surface area contributed by atoms with Gasteiger partial charge in [-0.05, 0) is 45.0 Å². The molecule has 3 rings (SSSR count). The minimum atomic E-state index is -1.20. The molecule has 1 heterocycles. The number of amides is 1. The largest absolute Gasteiger partial charge is 0.443 e. The predicted octanol–water partition coefficient (Wildman–Crippen LogP) is 5.55. The summed E-state index contributed by atoms with van der Waals surface area (Å²) in [6.45, 7) is 4.93. The molecule has 8 heteroatoms. The van der Waals surface area contributed by atoms with Crippen LogP contribution in [0.15, 0.2) is 36.4 Å². The van der Waals surface area contributed by atoms with E-state index in [0.717, 1.165) is 29.2 Å². The molecule has 1 aliphatic rings. The van der Waals surface area contributed by atoms with Crippen molar-refractivity contribution in [3.8, 4) is 0 Å². The molecular formula is C20H17BrF3NO3. The van der Waals surface area contributed by atoms with Crippen molar-refractivity contribution >= 4 is 33.5 Å². The van der Waals surface area contributed by atoms with Gasteiger partial charge in [0.25, 0.3) is 0 Å². The summed E-state index contributed by atoms with van der Waals surface area (Å²) >= 11 is 3.23. The van der Waals surface area contributed by atoms with Crippen molar-refractivity contribution in [2.24, 2.45) is 0 Å². The number of anilines is 1. The van der Waals surface area contributed by atoms with Crippen LogP contribution in [0, 0.1) is 17.5 Å². The van der Waals surface area contributed by atoms with Crippen LogP contribution in [0.3, 0.4) is 0 Å². The van der Waals surface area contributed by atoms with Gasteiger partial charge in [-0.15, -0.1) is 0 Å². The lowest BCUT2D eigenvalue weighted by Gasteiger charge is -2.40. The Labute approximate surface area is 168 Å². The molecule has 0 spiro atoms. The van der Waals surface area contributed by atoms with Crippen molar-refractivity contribution in [1.82, 2.24) is 0 Å². The average molecular weight is 456 g/mol. The summed E-state index contributed by atoms with van der Waals surface area (Å²) in [5, 5.41) is 0. The standard InChI is InChI=1S/C20H17BrF3NO3/c1-20(2,3)28-19(27)25-15-9-11(23)5-7-13(15)18(26)16(21)17(25)12-6-4-10(22)8-14(12)24/h4-9,16-17H,1-3H3. The van der Waals surface area contributed by atoms with E-state index in [1.807, 2.05) is 0 Å². The highest BCUT2D eigenvalue weighted by molar-refractivity contribution is 9.10. The van der Waals surface area contributed by atoms with Crippen molar-refractivity contribution in [2.45, 2.75) is 37.2 Å². The normalized spacial score (nSPS) is 19.4. The smallest absolute Gasteiger partial charge is 0.415 e. The average Bonchev–Trinajstić information content (AvgIpc) is 2.56. The fraction of sp³-hybridized carbons (Fsp3) is 0.300. The van der Waals surface area contributed by atoms with Gasteiger partial charge in [0.2, 0.25) is 0 Å². The summed E-state index contributed by atoms with van der Waals surface area (Å²) < 4.78 is 47.3. The second kappa shape index (κ2) is 7.24. The monoisotopic (exact) mass is 455 g/mol. The fourth-order valence-electron chi connectivity index (χ4n) is 3.05. The van der Waals surface area contributed by atoms with Crippen LogP contribution < -0.4 is 4.90 Å². The van der Waals surface area contributed by atoms with Crippen molar-refractivity contribution in [2.75, 3.05) is 4.90 Å². The molecule has 28 heavy (non-hydrogen) atoms. The van der Waals surface area contributed by atoms with Crippen LogP contribution in [0.5, 0.6) is 0 Å². The highest BCUT2D eigenvalue weighted by atomic mass is 79.9. The number of Topliss-reactive ketones (excluding diaryl/α,β-unsaturated/α-hetero) is 1. The van der Waals surface area contributed by atoms with Gasteiger partial charge in [-0.1, -0.05) is 22.0 Å². The van der Waals surface area contributed by atoms with Gasteiger partial charge in [0, 0.05) is 17.2 Å². The summed E-state index contributed by atoms with van der Waals surface area (Å²) in [5.41, 5.74) is -0.936. The molecule has 4 nitrogen and oxygen atoms in total. The maximum Gasteiger partial charge on any atom is 0.415 e. The van der Waals surface area contributed by atoms with Crippen LogP contribution in [-0.4, -0.2) is 22.3 Å². The summed E-state index contributed by atoms with van der Waals surface area (Å²) in [6.07, 6.45) is -0.884. The third kappa shape index (κ3) is 3.78. The number of carbonyl (C=O) groups is 2. The number of rotatable bonds is 1. The summed E-state index contributed by atoms with van der Waals surface area (Å²) in [5.74, 6) is -2.87. The van der Waals surface area contributed by atoms with Crippen LogP contribution in [0.25, 0.3) is 0 Å². The van der Waals surface area contributed by atoms with Gasteiger partial charge in [0.15, 0.2) is 5.78 Å². The number of ether oxygens (including phenoxy) is 1. The first kappa shape index (κ1) is 20.4. The molecule has 0 radical (unpaired) electrons. The molecule has 2 unspecified atom stereocenters. The van der Waals surface area contributed by atoms with E-state index in [4.69, 9.17) is 4.74 Å². The van der Waals surface area contributed by atoms with E-state index < -0.39 is 45.8 Å². The number of halogens is 4. The van der Waals surface area contributed by atoms with Gasteiger partial charge in [-0.2, -0.15) is 0 Å². The molecule has 148 valence electrons. The zero-order valence-electron chi connectivity index (χ0n) is 15.3. The fourth-order valence-corrected chi connectivity index (χ4v) is 3.81. The minimum absolute atomic E-state index is 0.0383. The van der Waals surface area contributed by atoms with Crippen molar-refractivity contribution in [1.29, 1.82) is 0 Å². The molecule has 0 bridgehead atoms. The first-order valence-corrected chi connectivity index (χ1v) is 9.36. The van der Waals surface area contributed by atoms with E-state index in [9.17, 15) is 22.8 Å². The van der Waals surface area contributed by atoms with Gasteiger partial charge in [0.05, 0.1) is 11.7 Å². The Kier molecular flexibility index (Phi) is 5.27. The van der Waals surface area contributed by atoms with Crippen LogP contribution in [0.2, 0.25) is 0 Å². The predicted molar refractivity (Wildman–Crippen MR) is 101 cm³/mol. The van der Waals surface area contributed by atoms with Crippen LogP contribution in [-0.2, 0) is 4.74 Å². The van der Waals surface area contributed by atoms with Crippen molar-refractivity contribution in [3.05, 3.63) is 65.0 Å². The SMILES string of the molecule is CC(C)(C)OC(=O)N1c2cc(F)ccc2C(=O)C(Br)C1c1ccc(F)cc1F. The van der Waals surface area contributed by atoms with E-state index in [1.165, 1.54) is 6.07 Å². The molecule has 2 aromatic rings. The van der Waals surface area contributed by atoms with E-state index in [1.54, 1.807) is 20.8 Å². The Bertz CT molecular complexity index is 958. The maximum atomic E-state index is 14.5. The Morgan fingerprint density at radius 2 is 1.68 bits per heavy atom. The van der Waals surface area contributed by atoms with Gasteiger partial charge >= 0.3 is 6.09 Å². The molecule has 0 fully saturated rings. The number of carbonyl (C=O) groups excluding carboxylic acids is 2. The lowest BCUT2D eigenvalue weighted by atomic mass is 9.90. The lowest BCUT2D eigenvalue weighted by Crippen LogP contribution is -2.48. The highest BCUT2D eigenvalue weighted by Crippen LogP contribution is 2.43. The van der Waals surface area contributed by atoms with E-state index in [0.29, 0.717) is 6.07 Å². The lowest BCUT2D eigenvalue weighted by molar-refractivity contribution is 0.0560. The van der Waals surface area contributed by atoms with Crippen LogP contribution in [0.4, 0.5) is 23.7 Å². The molecule has 1 amide bonds. The summed E-state index contributed by atoms with van der Waals surface area (Å²) in [4.78, 5) is 25.7. The Morgan fingerprint density at radius 1 is 1.07 bits per heavy atom. The van der Waals surface area contributed by atoms with Crippen LogP contribution in [0.1, 0.15) is 42.7 Å². The van der Waals surface area contributed by atoms with Gasteiger partial charge < -0.3 is 4.74 Å². The molecular weight excluding hydrogens is 439 g/mol. The molecule has 1 aliphatic heterocycles. The first-order chi connectivity index (χ1) is 13.0. The molecule has 0 aliphatic carbocycles. The molecule has 2 atom stereocenters. The summed E-state index contributed by atoms with van der Waals surface area (Å²) in [6, 6.07) is 5.02. The molecule has 0 N–H and O–H groups in total. The number of fused-ring (bicyclic) bond motifs is 1. The summed E-state index contributed by atoms with van der Waals surface area (Å²) in [7, 11) is 0. The second-order valence-corrected chi connectivity index (χ2v) is 8.38. The number of hydrogen-bond acceptors (Lipinski definition) is 3. The van der Waals surface area contributed by atoms with Gasteiger partial charge in [-0.3, -0.25) is 9.69 Å². The van der Waals surface area contributed by atoms with E-state index in [-0.39, 0.29) is 16.8 Å². The highest BCUT2D eigenvalue weighted by Gasteiger charge is 2.45. The number of ketones is 1. The number of benzene rings is 2.